The Morgan fingerprint density at radius 3 is 2.40 bits per heavy atom. The molecular weight excluding hydrogens is 320 g/mol. The van der Waals surface area contributed by atoms with Crippen LogP contribution < -0.4 is 0 Å². The fourth-order valence-corrected chi connectivity index (χ4v) is 3.12. The van der Waals surface area contributed by atoms with Gasteiger partial charge < -0.3 is 4.42 Å². The minimum atomic E-state index is 0.898. The summed E-state index contributed by atoms with van der Waals surface area (Å²) in [6.45, 7) is 4.20. The maximum atomic E-state index is 5.43. The van der Waals surface area contributed by atoms with Crippen LogP contribution in [0, 0.1) is 13.8 Å². The first kappa shape index (κ1) is 11.0. The Morgan fingerprint density at radius 1 is 1.07 bits per heavy atom. The molecule has 2 rings (SSSR count). The van der Waals surface area contributed by atoms with Gasteiger partial charge in [-0.15, -0.1) is 0 Å². The first-order chi connectivity index (χ1) is 7.11. The zero-order chi connectivity index (χ0) is 11.0. The van der Waals surface area contributed by atoms with Gasteiger partial charge in [0.2, 0.25) is 0 Å². The van der Waals surface area contributed by atoms with Crippen LogP contribution in [0.5, 0.6) is 0 Å². The summed E-state index contributed by atoms with van der Waals surface area (Å²) in [5.74, 6) is 0.898. The lowest BCUT2D eigenvalue weighted by Gasteiger charge is -2.10. The van der Waals surface area contributed by atoms with E-state index in [1.807, 2.05) is 12.1 Å². The Bertz CT molecular complexity index is 487. The van der Waals surface area contributed by atoms with Crippen LogP contribution in [0.25, 0.3) is 11.3 Å². The predicted octanol–water partition coefficient (Wildman–Crippen LogP) is 5.09. The molecule has 0 aliphatic carbocycles. The monoisotopic (exact) mass is 328 g/mol. The first-order valence-electron chi connectivity index (χ1n) is 4.60. The largest absolute Gasteiger partial charge is 0.464 e. The summed E-state index contributed by atoms with van der Waals surface area (Å²) in [6, 6.07) is 5.93. The Kier molecular flexibility index (Phi) is 3.03. The van der Waals surface area contributed by atoms with Crippen molar-refractivity contribution in [3.63, 3.8) is 0 Å². The molecule has 1 aromatic carbocycles. The average Bonchev–Trinajstić information content (AvgIpc) is 2.68. The quantitative estimate of drug-likeness (QED) is 0.710. The summed E-state index contributed by atoms with van der Waals surface area (Å²) in [7, 11) is 0. The third-order valence-electron chi connectivity index (χ3n) is 2.56. The van der Waals surface area contributed by atoms with E-state index < -0.39 is 0 Å². The van der Waals surface area contributed by atoms with Crippen molar-refractivity contribution in [1.29, 1.82) is 0 Å². The van der Waals surface area contributed by atoms with E-state index in [0.717, 1.165) is 20.3 Å². The molecule has 0 fully saturated rings. The SMILES string of the molecule is Cc1c(Br)cc(Br)c(-c2ccco2)c1C. The van der Waals surface area contributed by atoms with Gasteiger partial charge in [-0.2, -0.15) is 0 Å². The lowest BCUT2D eigenvalue weighted by Crippen LogP contribution is -1.89. The number of benzene rings is 1. The molecule has 0 atom stereocenters. The van der Waals surface area contributed by atoms with Gasteiger partial charge in [-0.1, -0.05) is 15.9 Å². The lowest BCUT2D eigenvalue weighted by atomic mass is 10.0. The minimum absolute atomic E-state index is 0.898. The van der Waals surface area contributed by atoms with Crippen LogP contribution in [-0.4, -0.2) is 0 Å². The summed E-state index contributed by atoms with van der Waals surface area (Å²) in [5, 5.41) is 0. The Balaban J connectivity index is 2.72. The highest BCUT2D eigenvalue weighted by atomic mass is 79.9. The molecule has 1 heterocycles. The van der Waals surface area contributed by atoms with Gasteiger partial charge in [-0.05, 0) is 59.1 Å². The van der Waals surface area contributed by atoms with Gasteiger partial charge in [0, 0.05) is 14.5 Å². The van der Waals surface area contributed by atoms with E-state index in [1.165, 1.54) is 11.1 Å². The lowest BCUT2D eigenvalue weighted by molar-refractivity contribution is 0.581. The second kappa shape index (κ2) is 4.14. The number of hydrogen-bond donors (Lipinski definition) is 0. The topological polar surface area (TPSA) is 13.1 Å². The molecule has 0 unspecified atom stereocenters. The van der Waals surface area contributed by atoms with Gasteiger partial charge in [-0.25, -0.2) is 0 Å². The number of furan rings is 1. The van der Waals surface area contributed by atoms with Crippen molar-refractivity contribution in [1.82, 2.24) is 0 Å². The van der Waals surface area contributed by atoms with Crippen molar-refractivity contribution >= 4 is 31.9 Å². The van der Waals surface area contributed by atoms with Gasteiger partial charge in [0.25, 0.3) is 0 Å². The molecule has 15 heavy (non-hydrogen) atoms. The molecule has 0 aliphatic heterocycles. The first-order valence-corrected chi connectivity index (χ1v) is 6.19. The highest BCUT2D eigenvalue weighted by Crippen LogP contribution is 2.36. The smallest absolute Gasteiger partial charge is 0.135 e. The molecule has 0 saturated carbocycles. The summed E-state index contributed by atoms with van der Waals surface area (Å²) in [5.41, 5.74) is 3.59. The normalized spacial score (nSPS) is 10.7. The molecule has 1 nitrogen and oxygen atoms in total. The average molecular weight is 330 g/mol. The molecule has 0 spiro atoms. The van der Waals surface area contributed by atoms with E-state index >= 15 is 0 Å². The van der Waals surface area contributed by atoms with Crippen LogP contribution in [0.3, 0.4) is 0 Å². The van der Waals surface area contributed by atoms with Crippen LogP contribution in [0.15, 0.2) is 37.8 Å². The van der Waals surface area contributed by atoms with Crippen LogP contribution >= 0.6 is 31.9 Å². The standard InChI is InChI=1S/C12H10Br2O/c1-7-8(2)12(10(14)6-9(7)13)11-4-3-5-15-11/h3-6H,1-2H3. The van der Waals surface area contributed by atoms with E-state index in [-0.39, 0.29) is 0 Å². The summed E-state index contributed by atoms with van der Waals surface area (Å²) in [4.78, 5) is 0. The molecule has 1 aromatic heterocycles. The molecule has 0 radical (unpaired) electrons. The fourth-order valence-electron chi connectivity index (χ4n) is 1.56. The van der Waals surface area contributed by atoms with Crippen LogP contribution in [0.4, 0.5) is 0 Å². The summed E-state index contributed by atoms with van der Waals surface area (Å²) >= 11 is 7.10. The number of halogens is 2. The highest BCUT2D eigenvalue weighted by molar-refractivity contribution is 9.11. The third kappa shape index (κ3) is 1.91. The molecule has 3 heteroatoms. The minimum Gasteiger partial charge on any atom is -0.464 e. The van der Waals surface area contributed by atoms with Crippen LogP contribution in [0.2, 0.25) is 0 Å². The van der Waals surface area contributed by atoms with E-state index in [2.05, 4.69) is 51.8 Å². The maximum Gasteiger partial charge on any atom is 0.135 e. The Morgan fingerprint density at radius 2 is 1.80 bits per heavy atom. The number of rotatable bonds is 1. The Labute approximate surface area is 106 Å². The van der Waals surface area contributed by atoms with Crippen LogP contribution in [-0.2, 0) is 0 Å². The zero-order valence-electron chi connectivity index (χ0n) is 8.47. The van der Waals surface area contributed by atoms with Crippen molar-refractivity contribution < 1.29 is 4.42 Å². The zero-order valence-corrected chi connectivity index (χ0v) is 11.6. The van der Waals surface area contributed by atoms with Crippen molar-refractivity contribution in [3.8, 4) is 11.3 Å². The van der Waals surface area contributed by atoms with Gasteiger partial charge in [0.1, 0.15) is 5.76 Å². The van der Waals surface area contributed by atoms with E-state index in [0.29, 0.717) is 0 Å². The summed E-state index contributed by atoms with van der Waals surface area (Å²) < 4.78 is 7.59. The van der Waals surface area contributed by atoms with Crippen molar-refractivity contribution in [2.75, 3.05) is 0 Å². The maximum absolute atomic E-state index is 5.43. The third-order valence-corrected chi connectivity index (χ3v) is 4.00. The van der Waals surface area contributed by atoms with Gasteiger partial charge in [0.05, 0.1) is 6.26 Å². The molecule has 0 saturated heterocycles. The van der Waals surface area contributed by atoms with Crippen LogP contribution in [0.1, 0.15) is 11.1 Å². The van der Waals surface area contributed by atoms with Crippen molar-refractivity contribution in [2.24, 2.45) is 0 Å². The summed E-state index contributed by atoms with van der Waals surface area (Å²) in [6.07, 6.45) is 1.69. The molecule has 0 N–H and O–H groups in total. The second-order valence-electron chi connectivity index (χ2n) is 3.44. The van der Waals surface area contributed by atoms with Crippen molar-refractivity contribution in [2.45, 2.75) is 13.8 Å². The van der Waals surface area contributed by atoms with Gasteiger partial charge in [-0.3, -0.25) is 0 Å². The second-order valence-corrected chi connectivity index (χ2v) is 5.15. The Hall–Kier alpha value is -0.540. The fraction of sp³-hybridized carbons (Fsp3) is 0.167. The van der Waals surface area contributed by atoms with E-state index in [4.69, 9.17) is 4.42 Å². The van der Waals surface area contributed by atoms with Crippen molar-refractivity contribution in [3.05, 3.63) is 44.5 Å². The van der Waals surface area contributed by atoms with E-state index in [1.54, 1.807) is 6.26 Å². The highest BCUT2D eigenvalue weighted by Gasteiger charge is 2.13. The molecule has 0 bridgehead atoms. The molecule has 0 amide bonds. The number of hydrogen-bond acceptors (Lipinski definition) is 1. The predicted molar refractivity (Wildman–Crippen MR) is 69.0 cm³/mol. The molecule has 78 valence electrons. The molecule has 0 aliphatic rings. The molecular formula is C12H10Br2O. The van der Waals surface area contributed by atoms with Gasteiger partial charge >= 0.3 is 0 Å². The molecule has 2 aromatic rings. The van der Waals surface area contributed by atoms with Gasteiger partial charge in [0.15, 0.2) is 0 Å². The van der Waals surface area contributed by atoms with E-state index in [9.17, 15) is 0 Å².